The fourth-order valence-electron chi connectivity index (χ4n) is 8.03. The number of ether oxygens (including phenoxy) is 1. The molecule has 0 amide bonds. The van der Waals surface area contributed by atoms with E-state index >= 15 is 0 Å². The van der Waals surface area contributed by atoms with Crippen LogP contribution in [0, 0.1) is 17.8 Å². The van der Waals surface area contributed by atoms with E-state index in [0.717, 1.165) is 42.1 Å². The second-order valence-corrected chi connectivity index (χ2v) is 12.0. The number of nitrogens with zero attached hydrogens (tertiary/aromatic N) is 5. The first-order valence-corrected chi connectivity index (χ1v) is 14.0. The van der Waals surface area contributed by atoms with Crippen LogP contribution in [0.1, 0.15) is 92.7 Å². The number of benzene rings is 1. The third-order valence-corrected chi connectivity index (χ3v) is 9.35. The molecule has 194 valence electrons. The van der Waals surface area contributed by atoms with Crippen LogP contribution in [0.15, 0.2) is 36.8 Å². The first-order chi connectivity index (χ1) is 18.0. The average molecular weight is 502 g/mol. The molecule has 4 bridgehead atoms. The van der Waals surface area contributed by atoms with Crippen molar-refractivity contribution in [2.45, 2.75) is 88.9 Å². The lowest BCUT2D eigenvalue weighted by Gasteiger charge is -2.56. The Bertz CT molecular complexity index is 1270. The number of carboxylic acid groups (broad SMARTS) is 1. The number of imidazole rings is 1. The Morgan fingerprint density at radius 1 is 1.05 bits per heavy atom. The number of aromatic carboxylic acids is 1. The van der Waals surface area contributed by atoms with Crippen molar-refractivity contribution < 1.29 is 14.6 Å². The molecule has 0 saturated heterocycles. The highest BCUT2D eigenvalue weighted by molar-refractivity contribution is 5.88. The van der Waals surface area contributed by atoms with Gasteiger partial charge < -0.3 is 14.4 Å². The minimum Gasteiger partial charge on any atom is -0.478 e. The fourth-order valence-corrected chi connectivity index (χ4v) is 8.03. The Kier molecular flexibility index (Phi) is 5.68. The van der Waals surface area contributed by atoms with Crippen molar-refractivity contribution in [3.05, 3.63) is 48.2 Å². The molecule has 0 unspecified atom stereocenters. The van der Waals surface area contributed by atoms with Crippen LogP contribution in [0.4, 0.5) is 0 Å². The van der Waals surface area contributed by atoms with Crippen molar-refractivity contribution >= 4 is 5.97 Å². The number of carbonyl (C=O) groups is 1. The Labute approximate surface area is 217 Å². The lowest BCUT2D eigenvalue weighted by molar-refractivity contribution is -0.181. The molecule has 2 heterocycles. The van der Waals surface area contributed by atoms with Gasteiger partial charge in [-0.25, -0.2) is 19.4 Å². The normalized spacial score (nSPS) is 29.1. The molecule has 5 saturated carbocycles. The smallest absolute Gasteiger partial charge is 0.335 e. The summed E-state index contributed by atoms with van der Waals surface area (Å²) in [4.78, 5) is 21.0. The fraction of sp³-hybridized carbons (Fsp3) is 0.586. The molecule has 8 rings (SSSR count). The van der Waals surface area contributed by atoms with E-state index in [1.165, 1.54) is 57.8 Å². The van der Waals surface area contributed by atoms with Gasteiger partial charge in [-0.15, -0.1) is 5.10 Å². The van der Waals surface area contributed by atoms with Crippen molar-refractivity contribution in [1.29, 1.82) is 0 Å². The first kappa shape index (κ1) is 23.1. The number of aromatic nitrogens is 5. The molecule has 5 aliphatic rings. The van der Waals surface area contributed by atoms with Crippen molar-refractivity contribution in [1.82, 2.24) is 24.3 Å². The zero-order valence-corrected chi connectivity index (χ0v) is 21.3. The van der Waals surface area contributed by atoms with Gasteiger partial charge in [-0.05, 0) is 87.3 Å². The molecule has 0 radical (unpaired) electrons. The summed E-state index contributed by atoms with van der Waals surface area (Å²) in [5.41, 5.74) is 1.69. The van der Waals surface area contributed by atoms with E-state index in [0.29, 0.717) is 24.2 Å². The van der Waals surface area contributed by atoms with E-state index < -0.39 is 5.97 Å². The predicted octanol–water partition coefficient (Wildman–Crippen LogP) is 5.82. The molecule has 5 aliphatic carbocycles. The highest BCUT2D eigenvalue weighted by Gasteiger charge is 2.51. The topological polar surface area (TPSA) is 95.1 Å². The quantitative estimate of drug-likeness (QED) is 0.438. The summed E-state index contributed by atoms with van der Waals surface area (Å²) in [6.45, 7) is 0.548. The molecule has 5 fully saturated rings. The van der Waals surface area contributed by atoms with Crippen LogP contribution < -0.4 is 0 Å². The van der Waals surface area contributed by atoms with Crippen LogP contribution in [0.3, 0.4) is 0 Å². The summed E-state index contributed by atoms with van der Waals surface area (Å²) in [6.07, 6.45) is 17.7. The largest absolute Gasteiger partial charge is 0.478 e. The van der Waals surface area contributed by atoms with Crippen molar-refractivity contribution in [3.8, 4) is 17.2 Å². The summed E-state index contributed by atoms with van der Waals surface area (Å²) < 4.78 is 10.7. The zero-order chi connectivity index (χ0) is 25.0. The van der Waals surface area contributed by atoms with Gasteiger partial charge in [0.05, 0.1) is 16.9 Å². The third kappa shape index (κ3) is 4.39. The van der Waals surface area contributed by atoms with E-state index in [2.05, 4.69) is 20.8 Å². The maximum Gasteiger partial charge on any atom is 0.335 e. The monoisotopic (exact) mass is 501 g/mol. The third-order valence-electron chi connectivity index (χ3n) is 9.35. The van der Waals surface area contributed by atoms with Gasteiger partial charge in [0.1, 0.15) is 24.6 Å². The van der Waals surface area contributed by atoms with E-state index in [4.69, 9.17) is 9.72 Å². The van der Waals surface area contributed by atoms with E-state index in [1.54, 1.807) is 29.2 Å². The summed E-state index contributed by atoms with van der Waals surface area (Å²) in [7, 11) is 0. The van der Waals surface area contributed by atoms with Gasteiger partial charge in [0, 0.05) is 12.1 Å². The second-order valence-electron chi connectivity index (χ2n) is 12.0. The molecule has 0 spiro atoms. The van der Waals surface area contributed by atoms with Gasteiger partial charge in [-0.2, -0.15) is 0 Å². The zero-order valence-electron chi connectivity index (χ0n) is 21.3. The number of hydrogen-bond acceptors (Lipinski definition) is 5. The first-order valence-electron chi connectivity index (χ1n) is 14.0. The number of rotatable bonds is 7. The maximum absolute atomic E-state index is 11.4. The Morgan fingerprint density at radius 2 is 1.78 bits per heavy atom. The Balaban J connectivity index is 1.16. The molecular formula is C29H35N5O3. The minimum atomic E-state index is -0.961. The molecule has 0 atom stereocenters. The summed E-state index contributed by atoms with van der Waals surface area (Å²) in [5, 5.41) is 14.0. The van der Waals surface area contributed by atoms with Gasteiger partial charge in [0.2, 0.25) is 5.82 Å². The predicted molar refractivity (Wildman–Crippen MR) is 137 cm³/mol. The SMILES string of the molecule is O=C(O)c1cccc(-n2cnc(-c3cn(COC45CC6CC(CC(C6)C4)C5)c(C4CCCCC4)n3)n2)c1. The van der Waals surface area contributed by atoms with Gasteiger partial charge in [0.15, 0.2) is 0 Å². The molecule has 3 aromatic rings. The highest BCUT2D eigenvalue weighted by Crippen LogP contribution is 2.57. The molecule has 0 aliphatic heterocycles. The molecule has 2 aromatic heterocycles. The molecule has 1 N–H and O–H groups in total. The maximum atomic E-state index is 11.4. The van der Waals surface area contributed by atoms with E-state index in [1.807, 2.05) is 6.07 Å². The highest BCUT2D eigenvalue weighted by atomic mass is 16.5. The average Bonchev–Trinajstić information content (AvgIpc) is 3.55. The molecular weight excluding hydrogens is 466 g/mol. The molecule has 8 nitrogen and oxygen atoms in total. The van der Waals surface area contributed by atoms with Crippen molar-refractivity contribution in [2.24, 2.45) is 17.8 Å². The van der Waals surface area contributed by atoms with Gasteiger partial charge in [-0.3, -0.25) is 0 Å². The van der Waals surface area contributed by atoms with Gasteiger partial charge in [-0.1, -0.05) is 25.3 Å². The van der Waals surface area contributed by atoms with E-state index in [9.17, 15) is 9.90 Å². The number of hydrogen-bond donors (Lipinski definition) is 1. The summed E-state index contributed by atoms with van der Waals surface area (Å²) in [6, 6.07) is 6.73. The molecule has 8 heteroatoms. The second kappa shape index (κ2) is 9.08. The summed E-state index contributed by atoms with van der Waals surface area (Å²) in [5.74, 6) is 3.70. The van der Waals surface area contributed by atoms with Gasteiger partial charge >= 0.3 is 5.97 Å². The van der Waals surface area contributed by atoms with Crippen LogP contribution >= 0.6 is 0 Å². The molecule has 1 aromatic carbocycles. The van der Waals surface area contributed by atoms with Gasteiger partial charge in [0.25, 0.3) is 0 Å². The minimum absolute atomic E-state index is 0.0536. The van der Waals surface area contributed by atoms with Crippen molar-refractivity contribution in [3.63, 3.8) is 0 Å². The Hall–Kier alpha value is -3.00. The van der Waals surface area contributed by atoms with Crippen LogP contribution in [0.25, 0.3) is 17.2 Å². The number of carboxylic acids is 1. The Morgan fingerprint density at radius 3 is 2.49 bits per heavy atom. The lowest BCUT2D eigenvalue weighted by Crippen LogP contribution is -2.52. The molecule has 37 heavy (non-hydrogen) atoms. The lowest BCUT2D eigenvalue weighted by atomic mass is 9.54. The standard InChI is InChI=1S/C29H35N5O3/c35-28(36)23-7-4-8-24(12-23)34-17-30-26(32-34)25-16-33(27(31-25)22-5-2-1-3-6-22)18-37-29-13-19-9-20(14-29)11-21(10-19)15-29/h4,7-8,12,16-17,19-22H,1-3,5-6,9-11,13-15,18H2,(H,35,36). The van der Waals surface area contributed by atoms with Crippen molar-refractivity contribution in [2.75, 3.05) is 0 Å². The summed E-state index contributed by atoms with van der Waals surface area (Å²) >= 11 is 0. The van der Waals surface area contributed by atoms with Crippen LogP contribution in [0.5, 0.6) is 0 Å². The van der Waals surface area contributed by atoms with Crippen LogP contribution in [-0.2, 0) is 11.5 Å². The van der Waals surface area contributed by atoms with Crippen LogP contribution in [0.2, 0.25) is 0 Å². The van der Waals surface area contributed by atoms with E-state index in [-0.39, 0.29) is 11.2 Å². The van der Waals surface area contributed by atoms with Crippen LogP contribution in [-0.4, -0.2) is 41.0 Å².